The molecule has 0 saturated heterocycles. The van der Waals surface area contributed by atoms with Crippen molar-refractivity contribution in [3.63, 3.8) is 0 Å². The molecule has 1 aliphatic rings. The first kappa shape index (κ1) is 26.0. The number of hydrogen-bond donors (Lipinski definition) is 1. The van der Waals surface area contributed by atoms with E-state index in [4.69, 9.17) is 11.6 Å². The predicted molar refractivity (Wildman–Crippen MR) is 128 cm³/mol. The van der Waals surface area contributed by atoms with Gasteiger partial charge in [0.15, 0.2) is 5.78 Å². The van der Waals surface area contributed by atoms with E-state index in [0.717, 1.165) is 55.5 Å². The molecular formula is C27H29ClF3NO2. The number of benzene rings is 2. The topological polar surface area (TPSA) is 46.2 Å². The van der Waals surface area contributed by atoms with E-state index in [1.165, 1.54) is 5.56 Å². The summed E-state index contributed by atoms with van der Waals surface area (Å²) < 4.78 is 38.3. The first-order valence-corrected chi connectivity index (χ1v) is 11.9. The van der Waals surface area contributed by atoms with Gasteiger partial charge in [-0.05, 0) is 79.5 Å². The van der Waals surface area contributed by atoms with Gasteiger partial charge in [0.05, 0.1) is 11.6 Å². The van der Waals surface area contributed by atoms with Gasteiger partial charge in [0.25, 0.3) is 5.91 Å². The zero-order valence-electron chi connectivity index (χ0n) is 19.3. The third-order valence-electron chi connectivity index (χ3n) is 6.28. The number of rotatable bonds is 7. The normalized spacial score (nSPS) is 17.6. The Kier molecular flexibility index (Phi) is 8.58. The fraction of sp³-hybridized carbons (Fsp3) is 0.407. The fourth-order valence-electron chi connectivity index (χ4n) is 4.31. The summed E-state index contributed by atoms with van der Waals surface area (Å²) in [4.78, 5) is 25.7. The minimum absolute atomic E-state index is 0.0888. The summed E-state index contributed by atoms with van der Waals surface area (Å²) in [6.07, 6.45) is 1.52. The first-order chi connectivity index (χ1) is 16.0. The van der Waals surface area contributed by atoms with Gasteiger partial charge in [0.1, 0.15) is 0 Å². The van der Waals surface area contributed by atoms with Crippen LogP contribution in [0, 0.1) is 5.92 Å². The number of allylic oxidation sites excluding steroid dienone is 2. The molecule has 0 spiro atoms. The van der Waals surface area contributed by atoms with Crippen LogP contribution in [-0.2, 0) is 11.0 Å². The number of halogens is 4. The molecule has 7 heteroatoms. The lowest BCUT2D eigenvalue weighted by Crippen LogP contribution is -2.44. The van der Waals surface area contributed by atoms with E-state index < -0.39 is 23.7 Å². The van der Waals surface area contributed by atoms with Gasteiger partial charge in [-0.25, -0.2) is 0 Å². The van der Waals surface area contributed by atoms with Gasteiger partial charge in [0.2, 0.25) is 0 Å². The van der Waals surface area contributed by atoms with E-state index >= 15 is 0 Å². The van der Waals surface area contributed by atoms with Crippen molar-refractivity contribution in [1.29, 1.82) is 0 Å². The highest BCUT2D eigenvalue weighted by Gasteiger charge is 2.31. The number of hydrogen-bond acceptors (Lipinski definition) is 2. The summed E-state index contributed by atoms with van der Waals surface area (Å²) in [7, 11) is 0. The summed E-state index contributed by atoms with van der Waals surface area (Å²) in [5, 5.41) is 3.43. The minimum Gasteiger partial charge on any atom is -0.342 e. The average Bonchev–Trinajstić information content (AvgIpc) is 3.02. The van der Waals surface area contributed by atoms with Crippen LogP contribution in [-0.4, -0.2) is 17.7 Å². The molecule has 2 unspecified atom stereocenters. The molecule has 0 aliphatic heterocycles. The van der Waals surface area contributed by atoms with Crippen LogP contribution in [0.5, 0.6) is 0 Å². The summed E-state index contributed by atoms with van der Waals surface area (Å²) >= 11 is 6.00. The van der Waals surface area contributed by atoms with Crippen LogP contribution in [0.2, 0.25) is 5.02 Å². The molecule has 1 N–H and O–H groups in total. The summed E-state index contributed by atoms with van der Waals surface area (Å²) in [5.74, 6) is -0.398. The maximum absolute atomic E-state index is 13.1. The number of amides is 1. The molecule has 2 aromatic carbocycles. The van der Waals surface area contributed by atoms with Crippen LogP contribution in [0.1, 0.15) is 73.4 Å². The molecule has 182 valence electrons. The molecule has 0 radical (unpaired) electrons. The molecule has 2 aromatic rings. The Hall–Kier alpha value is -2.60. The van der Waals surface area contributed by atoms with Gasteiger partial charge >= 0.3 is 6.18 Å². The van der Waals surface area contributed by atoms with Crippen molar-refractivity contribution in [2.45, 2.75) is 64.1 Å². The highest BCUT2D eigenvalue weighted by Crippen LogP contribution is 2.33. The van der Waals surface area contributed by atoms with Crippen LogP contribution in [0.3, 0.4) is 0 Å². The van der Waals surface area contributed by atoms with Crippen LogP contribution in [0.25, 0.3) is 0 Å². The zero-order chi connectivity index (χ0) is 24.9. The maximum Gasteiger partial charge on any atom is 0.416 e. The lowest BCUT2D eigenvalue weighted by molar-refractivity contribution is -0.137. The molecule has 3 rings (SSSR count). The van der Waals surface area contributed by atoms with Crippen molar-refractivity contribution in [3.8, 4) is 0 Å². The number of ketones is 1. The van der Waals surface area contributed by atoms with Crippen molar-refractivity contribution < 1.29 is 22.8 Å². The van der Waals surface area contributed by atoms with Crippen molar-refractivity contribution in [2.75, 3.05) is 0 Å². The Morgan fingerprint density at radius 3 is 2.26 bits per heavy atom. The van der Waals surface area contributed by atoms with Crippen LogP contribution in [0.4, 0.5) is 13.2 Å². The highest BCUT2D eigenvalue weighted by molar-refractivity contribution is 6.30. The summed E-state index contributed by atoms with van der Waals surface area (Å²) in [5.41, 5.74) is 1.58. The largest absolute Gasteiger partial charge is 0.416 e. The van der Waals surface area contributed by atoms with Gasteiger partial charge in [0, 0.05) is 17.0 Å². The summed E-state index contributed by atoms with van der Waals surface area (Å²) in [6.45, 7) is 3.68. The standard InChI is InChI=1S/C27H29ClF3NO2/c1-17(2)25(32-26(34)21-8-12-22(13-9-21)27(29,30)31)24(33)16-18-4-3-5-19(7-6-18)20-10-14-23(28)15-11-20/h4,8-15,17,19,25H,3,5-7,16H2,1-2H3,(H,32,34). The van der Waals surface area contributed by atoms with Crippen molar-refractivity contribution in [3.05, 3.63) is 81.9 Å². The van der Waals surface area contributed by atoms with Gasteiger partial charge in [-0.1, -0.05) is 49.2 Å². The van der Waals surface area contributed by atoms with E-state index in [1.807, 2.05) is 26.0 Å². The Morgan fingerprint density at radius 1 is 1.03 bits per heavy atom. The first-order valence-electron chi connectivity index (χ1n) is 11.5. The van der Waals surface area contributed by atoms with E-state index in [2.05, 4.69) is 23.5 Å². The molecule has 34 heavy (non-hydrogen) atoms. The third kappa shape index (κ3) is 6.95. The molecule has 0 bridgehead atoms. The minimum atomic E-state index is -4.47. The highest BCUT2D eigenvalue weighted by atomic mass is 35.5. The Labute approximate surface area is 203 Å². The zero-order valence-corrected chi connectivity index (χ0v) is 20.0. The molecule has 0 fully saturated rings. The van der Waals surface area contributed by atoms with Gasteiger partial charge in [-0.3, -0.25) is 9.59 Å². The number of alkyl halides is 3. The maximum atomic E-state index is 13.1. The molecule has 0 aromatic heterocycles. The van der Waals surface area contributed by atoms with Gasteiger partial charge in [-0.15, -0.1) is 0 Å². The lowest BCUT2D eigenvalue weighted by atomic mass is 9.90. The van der Waals surface area contributed by atoms with Crippen molar-refractivity contribution >= 4 is 23.3 Å². The molecular weight excluding hydrogens is 463 g/mol. The SMILES string of the molecule is CC(C)C(NC(=O)c1ccc(C(F)(F)F)cc1)C(=O)CC1=CCCC(c2ccc(Cl)cc2)CC1. The van der Waals surface area contributed by atoms with Crippen molar-refractivity contribution in [1.82, 2.24) is 5.32 Å². The Morgan fingerprint density at radius 2 is 1.68 bits per heavy atom. The monoisotopic (exact) mass is 491 g/mol. The average molecular weight is 492 g/mol. The second-order valence-electron chi connectivity index (χ2n) is 9.14. The van der Waals surface area contributed by atoms with Crippen LogP contribution < -0.4 is 5.32 Å². The number of carbonyl (C=O) groups is 2. The number of carbonyl (C=O) groups excluding carboxylic acids is 2. The Bertz CT molecular complexity index is 1030. The molecule has 3 nitrogen and oxygen atoms in total. The number of Topliss-reactive ketones (excluding diaryl/α,β-unsaturated/α-hetero) is 1. The quantitative estimate of drug-likeness (QED) is 0.411. The van der Waals surface area contributed by atoms with Crippen LogP contribution >= 0.6 is 11.6 Å². The molecule has 0 heterocycles. The second kappa shape index (κ2) is 11.2. The van der Waals surface area contributed by atoms with E-state index in [-0.39, 0.29) is 23.7 Å². The van der Waals surface area contributed by atoms with E-state index in [9.17, 15) is 22.8 Å². The van der Waals surface area contributed by atoms with Gasteiger partial charge < -0.3 is 5.32 Å². The van der Waals surface area contributed by atoms with Crippen molar-refractivity contribution in [2.24, 2.45) is 5.92 Å². The third-order valence-corrected chi connectivity index (χ3v) is 6.53. The molecule has 0 saturated carbocycles. The van der Waals surface area contributed by atoms with E-state index in [1.54, 1.807) is 0 Å². The summed E-state index contributed by atoms with van der Waals surface area (Å²) in [6, 6.07) is 11.2. The smallest absolute Gasteiger partial charge is 0.342 e. The van der Waals surface area contributed by atoms with Gasteiger partial charge in [-0.2, -0.15) is 13.2 Å². The second-order valence-corrected chi connectivity index (χ2v) is 9.58. The molecule has 1 amide bonds. The Balaban J connectivity index is 1.60. The number of nitrogens with one attached hydrogen (secondary N) is 1. The molecule has 1 aliphatic carbocycles. The van der Waals surface area contributed by atoms with E-state index in [0.29, 0.717) is 10.9 Å². The fourth-order valence-corrected chi connectivity index (χ4v) is 4.44. The molecule has 2 atom stereocenters. The lowest BCUT2D eigenvalue weighted by Gasteiger charge is -2.22. The van der Waals surface area contributed by atoms with Crippen LogP contribution in [0.15, 0.2) is 60.2 Å². The predicted octanol–water partition coefficient (Wildman–Crippen LogP) is 7.36.